The standard InChI is InChI=1S/C12H23N/c1-10(2)12-6-5-8-13(9-7-12)11(3)4/h7,9-12H,5-6,8H2,1-4H3. The zero-order valence-electron chi connectivity index (χ0n) is 9.46. The molecule has 1 aliphatic rings. The van der Waals surface area contributed by atoms with E-state index in [1.54, 1.807) is 0 Å². The monoisotopic (exact) mass is 181 g/mol. The van der Waals surface area contributed by atoms with Gasteiger partial charge in [-0.05, 0) is 44.7 Å². The van der Waals surface area contributed by atoms with Crippen molar-refractivity contribution in [2.45, 2.75) is 46.6 Å². The number of hydrogen-bond acceptors (Lipinski definition) is 1. The molecule has 1 heteroatoms. The average molecular weight is 181 g/mol. The molecule has 1 unspecified atom stereocenters. The molecule has 0 aromatic rings. The Morgan fingerprint density at radius 1 is 1.23 bits per heavy atom. The number of hydrogen-bond donors (Lipinski definition) is 0. The molecule has 1 nitrogen and oxygen atoms in total. The van der Waals surface area contributed by atoms with E-state index >= 15 is 0 Å². The molecule has 0 fully saturated rings. The zero-order chi connectivity index (χ0) is 9.84. The first kappa shape index (κ1) is 10.6. The summed E-state index contributed by atoms with van der Waals surface area (Å²) in [5.74, 6) is 1.59. The lowest BCUT2D eigenvalue weighted by molar-refractivity contribution is 0.307. The molecule has 0 radical (unpaired) electrons. The summed E-state index contributed by atoms with van der Waals surface area (Å²) in [6.07, 6.45) is 7.41. The lowest BCUT2D eigenvalue weighted by Crippen LogP contribution is -2.25. The van der Waals surface area contributed by atoms with Crippen LogP contribution in [0.1, 0.15) is 40.5 Å². The first-order valence-electron chi connectivity index (χ1n) is 5.55. The number of nitrogens with zero attached hydrogens (tertiary/aromatic N) is 1. The molecule has 0 saturated heterocycles. The van der Waals surface area contributed by atoms with Crippen molar-refractivity contribution >= 4 is 0 Å². The van der Waals surface area contributed by atoms with Crippen molar-refractivity contribution in [1.82, 2.24) is 4.90 Å². The van der Waals surface area contributed by atoms with Crippen molar-refractivity contribution in [3.05, 3.63) is 12.3 Å². The van der Waals surface area contributed by atoms with Crippen LogP contribution < -0.4 is 0 Å². The van der Waals surface area contributed by atoms with Gasteiger partial charge in [-0.3, -0.25) is 0 Å². The van der Waals surface area contributed by atoms with Crippen molar-refractivity contribution in [3.63, 3.8) is 0 Å². The minimum Gasteiger partial charge on any atom is -0.375 e. The first-order valence-corrected chi connectivity index (χ1v) is 5.55. The van der Waals surface area contributed by atoms with E-state index in [4.69, 9.17) is 0 Å². The maximum atomic E-state index is 2.45. The van der Waals surface area contributed by atoms with Gasteiger partial charge in [0.1, 0.15) is 0 Å². The Labute approximate surface area is 82.8 Å². The largest absolute Gasteiger partial charge is 0.375 e. The molecule has 76 valence electrons. The van der Waals surface area contributed by atoms with E-state index in [9.17, 15) is 0 Å². The van der Waals surface area contributed by atoms with Crippen LogP contribution in [-0.2, 0) is 0 Å². The number of rotatable bonds is 2. The Bertz CT molecular complexity index is 152. The fourth-order valence-corrected chi connectivity index (χ4v) is 1.89. The molecule has 0 N–H and O–H groups in total. The molecule has 13 heavy (non-hydrogen) atoms. The van der Waals surface area contributed by atoms with Crippen LogP contribution in [0.4, 0.5) is 0 Å². The molecule has 1 aliphatic heterocycles. The Balaban J connectivity index is 2.55. The fraction of sp³-hybridized carbons (Fsp3) is 0.833. The van der Waals surface area contributed by atoms with Crippen LogP contribution in [0.5, 0.6) is 0 Å². The van der Waals surface area contributed by atoms with E-state index < -0.39 is 0 Å². The molecular formula is C12H23N. The van der Waals surface area contributed by atoms with E-state index in [1.807, 2.05) is 0 Å². The van der Waals surface area contributed by atoms with Crippen LogP contribution in [-0.4, -0.2) is 17.5 Å². The summed E-state index contributed by atoms with van der Waals surface area (Å²) >= 11 is 0. The van der Waals surface area contributed by atoms with Gasteiger partial charge in [0.25, 0.3) is 0 Å². The minimum atomic E-state index is 0.655. The molecule has 0 amide bonds. The van der Waals surface area contributed by atoms with Crippen molar-refractivity contribution in [2.75, 3.05) is 6.54 Å². The smallest absolute Gasteiger partial charge is 0.0227 e. The first-order chi connectivity index (χ1) is 6.11. The van der Waals surface area contributed by atoms with Crippen LogP contribution in [0.25, 0.3) is 0 Å². The van der Waals surface area contributed by atoms with E-state index in [2.05, 4.69) is 44.9 Å². The second-order valence-electron chi connectivity index (χ2n) is 4.72. The summed E-state index contributed by atoms with van der Waals surface area (Å²) in [5, 5.41) is 0. The van der Waals surface area contributed by atoms with Gasteiger partial charge in [0.2, 0.25) is 0 Å². The van der Waals surface area contributed by atoms with E-state index in [0.29, 0.717) is 6.04 Å². The molecule has 1 heterocycles. The Morgan fingerprint density at radius 2 is 1.92 bits per heavy atom. The maximum Gasteiger partial charge on any atom is 0.0227 e. The van der Waals surface area contributed by atoms with Crippen molar-refractivity contribution in [3.8, 4) is 0 Å². The van der Waals surface area contributed by atoms with Crippen LogP contribution in [0.2, 0.25) is 0 Å². The molecule has 0 spiro atoms. The SMILES string of the molecule is CC(C)C1C=CN(C(C)C)CCC1. The van der Waals surface area contributed by atoms with Crippen LogP contribution in [0, 0.1) is 11.8 Å². The topological polar surface area (TPSA) is 3.24 Å². The lowest BCUT2D eigenvalue weighted by Gasteiger charge is -2.23. The highest BCUT2D eigenvalue weighted by Gasteiger charge is 2.15. The summed E-state index contributed by atoms with van der Waals surface area (Å²) in [5.41, 5.74) is 0. The van der Waals surface area contributed by atoms with E-state index in [1.165, 1.54) is 19.4 Å². The van der Waals surface area contributed by atoms with Gasteiger partial charge >= 0.3 is 0 Å². The minimum absolute atomic E-state index is 0.655. The van der Waals surface area contributed by atoms with Gasteiger partial charge in [0.15, 0.2) is 0 Å². The van der Waals surface area contributed by atoms with Gasteiger partial charge in [-0.2, -0.15) is 0 Å². The predicted molar refractivity (Wildman–Crippen MR) is 58.5 cm³/mol. The van der Waals surface area contributed by atoms with Crippen LogP contribution >= 0.6 is 0 Å². The Kier molecular flexibility index (Phi) is 3.83. The Morgan fingerprint density at radius 3 is 2.46 bits per heavy atom. The third kappa shape index (κ3) is 3.06. The number of allylic oxidation sites excluding steroid dienone is 1. The van der Waals surface area contributed by atoms with Crippen molar-refractivity contribution < 1.29 is 0 Å². The fourth-order valence-electron chi connectivity index (χ4n) is 1.89. The third-order valence-electron chi connectivity index (χ3n) is 3.00. The van der Waals surface area contributed by atoms with Crippen molar-refractivity contribution in [1.29, 1.82) is 0 Å². The third-order valence-corrected chi connectivity index (χ3v) is 3.00. The van der Waals surface area contributed by atoms with Crippen molar-refractivity contribution in [2.24, 2.45) is 11.8 Å². The van der Waals surface area contributed by atoms with Gasteiger partial charge in [-0.25, -0.2) is 0 Å². The molecule has 1 atom stereocenters. The van der Waals surface area contributed by atoms with Gasteiger partial charge in [-0.15, -0.1) is 0 Å². The summed E-state index contributed by atoms with van der Waals surface area (Å²) in [7, 11) is 0. The molecule has 0 bridgehead atoms. The lowest BCUT2D eigenvalue weighted by atomic mass is 9.92. The predicted octanol–water partition coefficient (Wildman–Crippen LogP) is 3.28. The van der Waals surface area contributed by atoms with Gasteiger partial charge in [-0.1, -0.05) is 19.9 Å². The molecule has 0 aliphatic carbocycles. The normalized spacial score (nSPS) is 24.2. The van der Waals surface area contributed by atoms with E-state index in [0.717, 1.165) is 11.8 Å². The maximum absolute atomic E-state index is 2.45. The quantitative estimate of drug-likeness (QED) is 0.632. The average Bonchev–Trinajstić information content (AvgIpc) is 2.27. The van der Waals surface area contributed by atoms with E-state index in [-0.39, 0.29) is 0 Å². The molecule has 0 saturated carbocycles. The summed E-state index contributed by atoms with van der Waals surface area (Å²) in [6, 6.07) is 0.655. The second kappa shape index (κ2) is 4.69. The molecule has 0 aromatic carbocycles. The molecular weight excluding hydrogens is 158 g/mol. The summed E-state index contributed by atoms with van der Waals surface area (Å²) < 4.78 is 0. The zero-order valence-corrected chi connectivity index (χ0v) is 9.46. The highest BCUT2D eigenvalue weighted by Crippen LogP contribution is 2.22. The molecule has 0 aromatic heterocycles. The Hall–Kier alpha value is -0.460. The van der Waals surface area contributed by atoms with Gasteiger partial charge in [0.05, 0.1) is 0 Å². The van der Waals surface area contributed by atoms with Gasteiger partial charge < -0.3 is 4.90 Å². The molecule has 1 rings (SSSR count). The van der Waals surface area contributed by atoms with Crippen LogP contribution in [0.3, 0.4) is 0 Å². The van der Waals surface area contributed by atoms with Gasteiger partial charge in [0, 0.05) is 12.6 Å². The highest BCUT2D eigenvalue weighted by atomic mass is 15.1. The summed E-state index contributed by atoms with van der Waals surface area (Å²) in [4.78, 5) is 2.45. The second-order valence-corrected chi connectivity index (χ2v) is 4.72. The van der Waals surface area contributed by atoms with Crippen LogP contribution in [0.15, 0.2) is 12.3 Å². The summed E-state index contributed by atoms with van der Waals surface area (Å²) in [6.45, 7) is 10.4. The highest BCUT2D eigenvalue weighted by molar-refractivity contribution is 4.93.